The molecular weight excluding hydrogens is 263 g/mol. The van der Waals surface area contributed by atoms with Crippen molar-refractivity contribution in [2.75, 3.05) is 18.0 Å². The fourth-order valence-corrected chi connectivity index (χ4v) is 2.37. The van der Waals surface area contributed by atoms with Crippen LogP contribution < -0.4 is 10.2 Å². The van der Waals surface area contributed by atoms with Crippen LogP contribution in [0.5, 0.6) is 0 Å². The summed E-state index contributed by atoms with van der Waals surface area (Å²) in [5.41, 5.74) is 3.62. The van der Waals surface area contributed by atoms with Crippen LogP contribution in [0.3, 0.4) is 0 Å². The van der Waals surface area contributed by atoms with Crippen LogP contribution in [0.2, 0.25) is 0 Å². The molecule has 3 heteroatoms. The van der Waals surface area contributed by atoms with Crippen molar-refractivity contribution in [1.82, 2.24) is 5.32 Å². The van der Waals surface area contributed by atoms with E-state index in [0.29, 0.717) is 0 Å². The summed E-state index contributed by atoms with van der Waals surface area (Å²) in [4.78, 5) is 2.24. The van der Waals surface area contributed by atoms with E-state index in [1.807, 2.05) is 12.1 Å². The molecule has 0 fully saturated rings. The maximum atomic E-state index is 13.0. The molecule has 1 N–H and O–H groups in total. The summed E-state index contributed by atoms with van der Waals surface area (Å²) in [6, 6.07) is 15.3. The van der Waals surface area contributed by atoms with E-state index < -0.39 is 0 Å². The Bertz CT molecular complexity index is 551. The monoisotopic (exact) mass is 286 g/mol. The van der Waals surface area contributed by atoms with Gasteiger partial charge in [0.25, 0.3) is 0 Å². The van der Waals surface area contributed by atoms with Crippen LogP contribution >= 0.6 is 0 Å². The van der Waals surface area contributed by atoms with Crippen LogP contribution in [0.15, 0.2) is 48.5 Å². The second-order valence-corrected chi connectivity index (χ2v) is 5.09. The molecule has 2 nitrogen and oxygen atoms in total. The Morgan fingerprint density at radius 2 is 1.71 bits per heavy atom. The summed E-state index contributed by atoms with van der Waals surface area (Å²) in [6.07, 6.45) is 0. The molecule has 0 aliphatic carbocycles. The lowest BCUT2D eigenvalue weighted by Crippen LogP contribution is -2.22. The van der Waals surface area contributed by atoms with E-state index in [0.717, 1.165) is 31.9 Å². The Morgan fingerprint density at radius 1 is 1.00 bits per heavy atom. The zero-order chi connectivity index (χ0) is 15.1. The molecular formula is C18H23FN2. The van der Waals surface area contributed by atoms with Crippen molar-refractivity contribution in [3.63, 3.8) is 0 Å². The van der Waals surface area contributed by atoms with Crippen LogP contribution in [-0.4, -0.2) is 13.1 Å². The summed E-state index contributed by atoms with van der Waals surface area (Å²) in [6.45, 7) is 7.82. The van der Waals surface area contributed by atoms with Crippen LogP contribution in [0.1, 0.15) is 25.0 Å². The lowest BCUT2D eigenvalue weighted by molar-refractivity contribution is 0.627. The second-order valence-electron chi connectivity index (χ2n) is 5.09. The molecule has 0 saturated carbocycles. The number of benzene rings is 2. The Kier molecular flexibility index (Phi) is 5.76. The van der Waals surface area contributed by atoms with Gasteiger partial charge in [0.15, 0.2) is 0 Å². The van der Waals surface area contributed by atoms with Crippen molar-refractivity contribution in [2.45, 2.75) is 26.9 Å². The molecule has 21 heavy (non-hydrogen) atoms. The van der Waals surface area contributed by atoms with Gasteiger partial charge in [-0.1, -0.05) is 31.2 Å². The molecule has 0 unspecified atom stereocenters. The summed E-state index contributed by atoms with van der Waals surface area (Å²) in [7, 11) is 0. The summed E-state index contributed by atoms with van der Waals surface area (Å²) >= 11 is 0. The number of nitrogens with zero attached hydrogens (tertiary/aromatic N) is 1. The molecule has 2 aromatic carbocycles. The highest BCUT2D eigenvalue weighted by Gasteiger charge is 2.06. The zero-order valence-corrected chi connectivity index (χ0v) is 12.8. The minimum Gasteiger partial charge on any atom is -0.367 e. The van der Waals surface area contributed by atoms with Gasteiger partial charge in [-0.25, -0.2) is 4.39 Å². The minimum atomic E-state index is -0.192. The first-order valence-corrected chi connectivity index (χ1v) is 7.52. The third kappa shape index (κ3) is 4.57. The molecule has 0 heterocycles. The van der Waals surface area contributed by atoms with Crippen molar-refractivity contribution in [1.29, 1.82) is 0 Å². The van der Waals surface area contributed by atoms with Crippen molar-refractivity contribution in [3.05, 3.63) is 65.5 Å². The van der Waals surface area contributed by atoms with E-state index in [4.69, 9.17) is 0 Å². The maximum Gasteiger partial charge on any atom is 0.123 e. The van der Waals surface area contributed by atoms with E-state index in [-0.39, 0.29) is 5.82 Å². The van der Waals surface area contributed by atoms with Gasteiger partial charge in [-0.05, 0) is 48.9 Å². The molecule has 0 bridgehead atoms. The van der Waals surface area contributed by atoms with Gasteiger partial charge in [0, 0.05) is 25.3 Å². The molecule has 0 atom stereocenters. The number of hydrogen-bond acceptors (Lipinski definition) is 2. The van der Waals surface area contributed by atoms with Crippen molar-refractivity contribution in [2.24, 2.45) is 0 Å². The predicted octanol–water partition coefficient (Wildman–Crippen LogP) is 3.96. The van der Waals surface area contributed by atoms with Crippen molar-refractivity contribution in [3.8, 4) is 0 Å². The smallest absolute Gasteiger partial charge is 0.123 e. The van der Waals surface area contributed by atoms with Crippen LogP contribution in [0.25, 0.3) is 0 Å². The summed E-state index contributed by atoms with van der Waals surface area (Å²) < 4.78 is 13.0. The Morgan fingerprint density at radius 3 is 2.38 bits per heavy atom. The molecule has 0 aliphatic heterocycles. The van der Waals surface area contributed by atoms with Gasteiger partial charge in [0.2, 0.25) is 0 Å². The summed E-state index contributed by atoms with van der Waals surface area (Å²) in [5.74, 6) is -0.192. The van der Waals surface area contributed by atoms with Gasteiger partial charge < -0.3 is 10.2 Å². The van der Waals surface area contributed by atoms with Crippen LogP contribution in [0, 0.1) is 5.82 Å². The number of hydrogen-bond donors (Lipinski definition) is 1. The van der Waals surface area contributed by atoms with Gasteiger partial charge in [-0.2, -0.15) is 0 Å². The predicted molar refractivity (Wildman–Crippen MR) is 86.9 cm³/mol. The number of halogens is 1. The van der Waals surface area contributed by atoms with Crippen molar-refractivity contribution < 1.29 is 4.39 Å². The molecule has 0 aliphatic rings. The van der Waals surface area contributed by atoms with E-state index in [1.165, 1.54) is 23.3 Å². The van der Waals surface area contributed by atoms with E-state index >= 15 is 0 Å². The highest BCUT2D eigenvalue weighted by molar-refractivity contribution is 5.47. The SMILES string of the molecule is CCNCc1cccc(CN(CC)c2ccc(F)cc2)c1. The fourth-order valence-electron chi connectivity index (χ4n) is 2.37. The second kappa shape index (κ2) is 7.79. The molecule has 112 valence electrons. The number of nitrogens with one attached hydrogen (secondary N) is 1. The molecule has 0 aromatic heterocycles. The average Bonchev–Trinajstić information content (AvgIpc) is 2.52. The summed E-state index contributed by atoms with van der Waals surface area (Å²) in [5, 5.41) is 3.34. The Hall–Kier alpha value is -1.87. The van der Waals surface area contributed by atoms with E-state index in [9.17, 15) is 4.39 Å². The lowest BCUT2D eigenvalue weighted by Gasteiger charge is -2.23. The highest BCUT2D eigenvalue weighted by atomic mass is 19.1. The first-order chi connectivity index (χ1) is 10.2. The van der Waals surface area contributed by atoms with Gasteiger partial charge in [0.05, 0.1) is 0 Å². The average molecular weight is 286 g/mol. The Balaban J connectivity index is 2.09. The molecule has 2 aromatic rings. The Labute approximate surface area is 126 Å². The van der Waals surface area contributed by atoms with Gasteiger partial charge in [-0.15, -0.1) is 0 Å². The number of anilines is 1. The zero-order valence-electron chi connectivity index (χ0n) is 12.8. The van der Waals surface area contributed by atoms with Gasteiger partial charge in [0.1, 0.15) is 5.82 Å². The third-order valence-corrected chi connectivity index (χ3v) is 3.52. The highest BCUT2D eigenvalue weighted by Crippen LogP contribution is 2.18. The maximum absolute atomic E-state index is 13.0. The quantitative estimate of drug-likeness (QED) is 0.828. The molecule has 0 radical (unpaired) electrons. The lowest BCUT2D eigenvalue weighted by atomic mass is 10.1. The molecule has 0 saturated heterocycles. The topological polar surface area (TPSA) is 15.3 Å². The van der Waals surface area contributed by atoms with E-state index in [1.54, 1.807) is 0 Å². The molecule has 0 spiro atoms. The van der Waals surface area contributed by atoms with E-state index in [2.05, 4.69) is 48.3 Å². The molecule has 2 rings (SSSR count). The molecule has 0 amide bonds. The van der Waals surface area contributed by atoms with Crippen LogP contribution in [-0.2, 0) is 13.1 Å². The van der Waals surface area contributed by atoms with Crippen LogP contribution in [0.4, 0.5) is 10.1 Å². The van der Waals surface area contributed by atoms with Gasteiger partial charge in [-0.3, -0.25) is 0 Å². The fraction of sp³-hybridized carbons (Fsp3) is 0.333. The first-order valence-electron chi connectivity index (χ1n) is 7.52. The minimum absolute atomic E-state index is 0.192. The largest absolute Gasteiger partial charge is 0.367 e. The number of rotatable bonds is 7. The standard InChI is InChI=1S/C18H23FN2/c1-3-20-13-15-6-5-7-16(12-15)14-21(4-2)18-10-8-17(19)9-11-18/h5-12,20H,3-4,13-14H2,1-2H3. The normalized spacial score (nSPS) is 10.6. The third-order valence-electron chi connectivity index (χ3n) is 3.52. The van der Waals surface area contributed by atoms with Gasteiger partial charge >= 0.3 is 0 Å². The van der Waals surface area contributed by atoms with Crippen molar-refractivity contribution >= 4 is 5.69 Å². The first kappa shape index (κ1) is 15.5.